The average Bonchev–Trinajstić information content (AvgIpc) is 2.99. The van der Waals surface area contributed by atoms with E-state index in [0.29, 0.717) is 10.9 Å². The smallest absolute Gasteiger partial charge is 0.411 e. The molecule has 26 heavy (non-hydrogen) atoms. The number of cyclic esters (lactones) is 1. The van der Waals surface area contributed by atoms with E-state index in [-0.39, 0.29) is 12.6 Å². The number of rotatable bonds is 5. The molecule has 6 heteroatoms. The summed E-state index contributed by atoms with van der Waals surface area (Å²) in [6.07, 6.45) is -1.49. The number of amides is 2. The number of primary amides is 1. The molecule has 0 aromatic heterocycles. The number of nitrogens with zero attached hydrogens (tertiary/aromatic N) is 1. The number of carbonyl (C=O) groups is 2. The van der Waals surface area contributed by atoms with E-state index in [1.165, 1.54) is 10.5 Å². The number of halogens is 1. The molecule has 1 aliphatic rings. The molecule has 1 fully saturated rings. The van der Waals surface area contributed by atoms with Crippen LogP contribution in [0.4, 0.5) is 4.79 Å². The van der Waals surface area contributed by atoms with E-state index in [1.54, 1.807) is 12.1 Å². The lowest BCUT2D eigenvalue weighted by molar-refractivity contribution is -0.124. The van der Waals surface area contributed by atoms with Crippen molar-refractivity contribution in [3.8, 4) is 0 Å². The predicted molar refractivity (Wildman–Crippen MR) is 100.0 cm³/mol. The quantitative estimate of drug-likeness (QED) is 0.866. The summed E-state index contributed by atoms with van der Waals surface area (Å²) >= 11 is 6.02. The third-order valence-electron chi connectivity index (χ3n) is 4.55. The predicted octanol–water partition coefficient (Wildman–Crippen LogP) is 3.86. The molecule has 1 saturated heterocycles. The van der Waals surface area contributed by atoms with Crippen molar-refractivity contribution in [2.75, 3.05) is 6.54 Å². The summed E-state index contributed by atoms with van der Waals surface area (Å²) in [6, 6.07) is 15.0. The Labute approximate surface area is 157 Å². The SMILES string of the molecule is CC(C)c1cccc([C@H](c2ccc(Cl)cc2)N2CC(C(N)=O)OC2=O)c1. The molecule has 1 heterocycles. The van der Waals surface area contributed by atoms with Crippen molar-refractivity contribution >= 4 is 23.6 Å². The second-order valence-electron chi connectivity index (χ2n) is 6.71. The second kappa shape index (κ2) is 7.38. The van der Waals surface area contributed by atoms with Crippen molar-refractivity contribution in [1.82, 2.24) is 4.90 Å². The maximum absolute atomic E-state index is 12.4. The van der Waals surface area contributed by atoms with Gasteiger partial charge < -0.3 is 10.5 Å². The van der Waals surface area contributed by atoms with Crippen LogP contribution in [-0.2, 0) is 9.53 Å². The zero-order valence-electron chi connectivity index (χ0n) is 14.7. The van der Waals surface area contributed by atoms with Gasteiger partial charge in [-0.05, 0) is 34.7 Å². The number of nitrogens with two attached hydrogens (primary N) is 1. The standard InChI is InChI=1S/C20H21ClN2O3/c1-12(2)14-4-3-5-15(10-14)18(13-6-8-16(21)9-7-13)23-11-17(19(22)24)26-20(23)25/h3-10,12,17-18H,11H2,1-2H3,(H2,22,24)/t17?,18-/m0/s1. The van der Waals surface area contributed by atoms with E-state index in [4.69, 9.17) is 22.1 Å². The summed E-state index contributed by atoms with van der Waals surface area (Å²) in [7, 11) is 0. The number of hydrogen-bond acceptors (Lipinski definition) is 3. The van der Waals surface area contributed by atoms with Gasteiger partial charge >= 0.3 is 6.09 Å². The van der Waals surface area contributed by atoms with Crippen LogP contribution >= 0.6 is 11.6 Å². The van der Waals surface area contributed by atoms with Gasteiger partial charge in [-0.15, -0.1) is 0 Å². The zero-order valence-corrected chi connectivity index (χ0v) is 15.4. The van der Waals surface area contributed by atoms with Crippen molar-refractivity contribution in [1.29, 1.82) is 0 Å². The first-order valence-corrected chi connectivity index (χ1v) is 8.86. The lowest BCUT2D eigenvalue weighted by atomic mass is 9.93. The molecule has 1 unspecified atom stereocenters. The molecular formula is C20H21ClN2O3. The molecule has 0 radical (unpaired) electrons. The van der Waals surface area contributed by atoms with Gasteiger partial charge in [0.05, 0.1) is 12.6 Å². The van der Waals surface area contributed by atoms with Crippen LogP contribution in [0.2, 0.25) is 5.02 Å². The van der Waals surface area contributed by atoms with Crippen LogP contribution in [0.5, 0.6) is 0 Å². The fourth-order valence-corrected chi connectivity index (χ4v) is 3.25. The molecule has 2 N–H and O–H groups in total. The molecule has 2 aromatic carbocycles. The van der Waals surface area contributed by atoms with Gasteiger partial charge in [0.25, 0.3) is 5.91 Å². The van der Waals surface area contributed by atoms with Gasteiger partial charge in [0, 0.05) is 5.02 Å². The molecule has 2 amide bonds. The molecule has 3 rings (SSSR count). The van der Waals surface area contributed by atoms with Crippen molar-refractivity contribution in [3.63, 3.8) is 0 Å². The van der Waals surface area contributed by atoms with Crippen molar-refractivity contribution < 1.29 is 14.3 Å². The second-order valence-corrected chi connectivity index (χ2v) is 7.14. The Morgan fingerprint density at radius 2 is 1.81 bits per heavy atom. The summed E-state index contributed by atoms with van der Waals surface area (Å²) < 4.78 is 5.15. The summed E-state index contributed by atoms with van der Waals surface area (Å²) in [5.41, 5.74) is 8.32. The summed E-state index contributed by atoms with van der Waals surface area (Å²) in [5.74, 6) is -0.295. The molecule has 2 atom stereocenters. The molecule has 2 aromatic rings. The molecule has 0 spiro atoms. The Hall–Kier alpha value is -2.53. The molecule has 0 saturated carbocycles. The minimum Gasteiger partial charge on any atom is -0.434 e. The summed E-state index contributed by atoms with van der Waals surface area (Å²) in [5, 5.41) is 0.613. The Bertz CT molecular complexity index is 820. The fourth-order valence-electron chi connectivity index (χ4n) is 3.12. The van der Waals surface area contributed by atoms with E-state index in [1.807, 2.05) is 24.3 Å². The highest BCUT2D eigenvalue weighted by Gasteiger charge is 2.40. The third kappa shape index (κ3) is 3.68. The van der Waals surface area contributed by atoms with Crippen LogP contribution in [0.1, 0.15) is 42.5 Å². The highest BCUT2D eigenvalue weighted by molar-refractivity contribution is 6.30. The number of hydrogen-bond donors (Lipinski definition) is 1. The Kier molecular flexibility index (Phi) is 5.18. The van der Waals surface area contributed by atoms with E-state index in [9.17, 15) is 9.59 Å². The molecule has 1 aliphatic heterocycles. The Morgan fingerprint density at radius 1 is 1.15 bits per heavy atom. The lowest BCUT2D eigenvalue weighted by Gasteiger charge is -2.27. The Balaban J connectivity index is 2.05. The van der Waals surface area contributed by atoms with Gasteiger partial charge in [-0.3, -0.25) is 9.69 Å². The summed E-state index contributed by atoms with van der Waals surface area (Å²) in [6.45, 7) is 4.35. The van der Waals surface area contributed by atoms with Crippen molar-refractivity contribution in [3.05, 3.63) is 70.2 Å². The largest absolute Gasteiger partial charge is 0.434 e. The van der Waals surface area contributed by atoms with Gasteiger partial charge in [0.2, 0.25) is 0 Å². The number of carbonyl (C=O) groups excluding carboxylic acids is 2. The topological polar surface area (TPSA) is 72.6 Å². The van der Waals surface area contributed by atoms with Gasteiger partial charge in [0.1, 0.15) is 0 Å². The average molecular weight is 373 g/mol. The highest BCUT2D eigenvalue weighted by Crippen LogP contribution is 2.34. The normalized spacial score (nSPS) is 18.1. The van der Waals surface area contributed by atoms with Crippen LogP contribution in [0.15, 0.2) is 48.5 Å². The highest BCUT2D eigenvalue weighted by atomic mass is 35.5. The van der Waals surface area contributed by atoms with Crippen LogP contribution in [0.25, 0.3) is 0 Å². The first-order chi connectivity index (χ1) is 12.4. The van der Waals surface area contributed by atoms with E-state index in [2.05, 4.69) is 26.0 Å². The molecule has 5 nitrogen and oxygen atoms in total. The van der Waals surface area contributed by atoms with Crippen molar-refractivity contribution in [2.45, 2.75) is 31.9 Å². The first-order valence-electron chi connectivity index (χ1n) is 8.48. The van der Waals surface area contributed by atoms with Gasteiger partial charge in [-0.1, -0.05) is 61.8 Å². The number of benzene rings is 2. The van der Waals surface area contributed by atoms with Crippen molar-refractivity contribution in [2.24, 2.45) is 5.73 Å². The monoisotopic (exact) mass is 372 g/mol. The van der Waals surface area contributed by atoms with Crippen LogP contribution in [-0.4, -0.2) is 29.5 Å². The molecule has 0 bridgehead atoms. The zero-order chi connectivity index (χ0) is 18.8. The molecule has 136 valence electrons. The summed E-state index contributed by atoms with van der Waals surface area (Å²) in [4.78, 5) is 25.4. The van der Waals surface area contributed by atoms with E-state index < -0.39 is 18.1 Å². The minimum atomic E-state index is -0.939. The van der Waals surface area contributed by atoms with Gasteiger partial charge in [-0.25, -0.2) is 4.79 Å². The van der Waals surface area contributed by atoms with Crippen LogP contribution in [0.3, 0.4) is 0 Å². The minimum absolute atomic E-state index is 0.118. The maximum atomic E-state index is 12.4. The van der Waals surface area contributed by atoms with E-state index >= 15 is 0 Å². The molecular weight excluding hydrogens is 352 g/mol. The maximum Gasteiger partial charge on any atom is 0.411 e. The Morgan fingerprint density at radius 3 is 2.38 bits per heavy atom. The van der Waals surface area contributed by atoms with E-state index in [0.717, 1.165) is 11.1 Å². The van der Waals surface area contributed by atoms with Gasteiger partial charge in [0.15, 0.2) is 6.10 Å². The van der Waals surface area contributed by atoms with Gasteiger partial charge in [-0.2, -0.15) is 0 Å². The third-order valence-corrected chi connectivity index (χ3v) is 4.80. The first kappa shape index (κ1) is 18.3. The van der Waals surface area contributed by atoms with Crippen LogP contribution in [0, 0.1) is 0 Å². The number of ether oxygens (including phenoxy) is 1. The fraction of sp³-hybridized carbons (Fsp3) is 0.300. The lowest BCUT2D eigenvalue weighted by Crippen LogP contribution is -2.34. The van der Waals surface area contributed by atoms with Crippen LogP contribution < -0.4 is 5.73 Å². The molecule has 0 aliphatic carbocycles.